The molecule has 22 heavy (non-hydrogen) atoms. The van der Waals surface area contributed by atoms with Crippen LogP contribution in [-0.2, 0) is 9.53 Å². The second-order valence-corrected chi connectivity index (χ2v) is 5.43. The first-order valence-corrected chi connectivity index (χ1v) is 7.20. The summed E-state index contributed by atoms with van der Waals surface area (Å²) in [5, 5.41) is 3.29. The van der Waals surface area contributed by atoms with E-state index in [1.807, 2.05) is 6.92 Å². The Balaban J connectivity index is 1.88. The van der Waals surface area contributed by atoms with E-state index in [0.717, 1.165) is 5.56 Å². The smallest absolute Gasteiger partial charge is 0.338 e. The van der Waals surface area contributed by atoms with Crippen LogP contribution in [0.4, 0.5) is 5.69 Å². The van der Waals surface area contributed by atoms with Crippen LogP contribution in [0.1, 0.15) is 15.9 Å². The van der Waals surface area contributed by atoms with Gasteiger partial charge < -0.3 is 10.1 Å². The largest absolute Gasteiger partial charge is 0.452 e. The van der Waals surface area contributed by atoms with Gasteiger partial charge in [0.25, 0.3) is 5.91 Å². The Morgan fingerprint density at radius 3 is 2.36 bits per heavy atom. The van der Waals surface area contributed by atoms with Gasteiger partial charge in [-0.3, -0.25) is 4.79 Å². The lowest BCUT2D eigenvalue weighted by molar-refractivity contribution is -0.119. The van der Waals surface area contributed by atoms with Crippen molar-refractivity contribution in [2.45, 2.75) is 6.92 Å². The van der Waals surface area contributed by atoms with Gasteiger partial charge in [0, 0.05) is 5.69 Å². The summed E-state index contributed by atoms with van der Waals surface area (Å²) in [6, 6.07) is 11.6. The lowest BCUT2D eigenvalue weighted by atomic mass is 10.1. The van der Waals surface area contributed by atoms with Crippen LogP contribution >= 0.6 is 23.2 Å². The normalized spacial score (nSPS) is 10.1. The number of hydrogen-bond acceptors (Lipinski definition) is 3. The van der Waals surface area contributed by atoms with Gasteiger partial charge in [-0.05, 0) is 37.3 Å². The molecule has 0 unspecified atom stereocenters. The summed E-state index contributed by atoms with van der Waals surface area (Å²) >= 11 is 11.6. The number of halogens is 2. The summed E-state index contributed by atoms with van der Waals surface area (Å²) in [6.07, 6.45) is 0. The number of hydrogen-bond donors (Lipinski definition) is 1. The minimum Gasteiger partial charge on any atom is -0.452 e. The van der Waals surface area contributed by atoms with Gasteiger partial charge >= 0.3 is 5.97 Å². The van der Waals surface area contributed by atoms with Crippen LogP contribution in [0.5, 0.6) is 0 Å². The lowest BCUT2D eigenvalue weighted by Crippen LogP contribution is -2.20. The molecular weight excluding hydrogens is 325 g/mol. The molecular formula is C16H13Cl2NO3. The quantitative estimate of drug-likeness (QED) is 0.854. The molecule has 0 saturated carbocycles. The first-order valence-electron chi connectivity index (χ1n) is 6.44. The van der Waals surface area contributed by atoms with Gasteiger partial charge in [0.05, 0.1) is 15.6 Å². The van der Waals surface area contributed by atoms with E-state index in [0.29, 0.717) is 21.3 Å². The third-order valence-electron chi connectivity index (χ3n) is 2.82. The number of ether oxygens (including phenoxy) is 1. The fourth-order valence-electron chi connectivity index (χ4n) is 1.68. The summed E-state index contributed by atoms with van der Waals surface area (Å²) in [4.78, 5) is 23.5. The molecule has 0 aromatic heterocycles. The van der Waals surface area contributed by atoms with Crippen LogP contribution in [0.15, 0.2) is 42.5 Å². The van der Waals surface area contributed by atoms with Crippen LogP contribution in [0.25, 0.3) is 0 Å². The van der Waals surface area contributed by atoms with Gasteiger partial charge in [0.15, 0.2) is 6.61 Å². The van der Waals surface area contributed by atoms with E-state index in [-0.39, 0.29) is 6.61 Å². The predicted molar refractivity (Wildman–Crippen MR) is 86.6 cm³/mol. The van der Waals surface area contributed by atoms with Crippen molar-refractivity contribution in [1.82, 2.24) is 0 Å². The Morgan fingerprint density at radius 1 is 1.05 bits per heavy atom. The Morgan fingerprint density at radius 2 is 1.73 bits per heavy atom. The molecule has 0 aliphatic carbocycles. The molecule has 4 nitrogen and oxygen atoms in total. The molecule has 1 amide bonds. The van der Waals surface area contributed by atoms with Crippen molar-refractivity contribution in [1.29, 1.82) is 0 Å². The van der Waals surface area contributed by atoms with Gasteiger partial charge in [0.1, 0.15) is 0 Å². The van der Waals surface area contributed by atoms with E-state index in [1.165, 1.54) is 6.07 Å². The molecule has 6 heteroatoms. The third kappa shape index (κ3) is 4.48. The van der Waals surface area contributed by atoms with Crippen LogP contribution in [0, 0.1) is 6.92 Å². The van der Waals surface area contributed by atoms with E-state index in [1.54, 1.807) is 36.4 Å². The monoisotopic (exact) mass is 337 g/mol. The first-order chi connectivity index (χ1) is 10.5. The molecule has 0 fully saturated rings. The molecule has 0 saturated heterocycles. The van der Waals surface area contributed by atoms with Crippen LogP contribution in [-0.4, -0.2) is 18.5 Å². The van der Waals surface area contributed by atoms with Gasteiger partial charge in [-0.1, -0.05) is 40.9 Å². The summed E-state index contributed by atoms with van der Waals surface area (Å²) in [6.45, 7) is 1.53. The Kier molecular flexibility index (Phi) is 5.41. The van der Waals surface area contributed by atoms with Gasteiger partial charge in [-0.15, -0.1) is 0 Å². The third-order valence-corrected chi connectivity index (χ3v) is 3.56. The lowest BCUT2D eigenvalue weighted by Gasteiger charge is -2.07. The second kappa shape index (κ2) is 7.29. The standard InChI is InChI=1S/C16H13Cl2NO3/c1-10-2-4-11(5-3-10)16(21)22-9-15(20)19-12-6-7-13(17)14(18)8-12/h2-8H,9H2,1H3,(H,19,20). The van der Waals surface area contributed by atoms with Gasteiger partial charge in [-0.25, -0.2) is 4.79 Å². The van der Waals surface area contributed by atoms with E-state index in [4.69, 9.17) is 27.9 Å². The molecule has 0 radical (unpaired) electrons. The number of amides is 1. The summed E-state index contributed by atoms with van der Waals surface area (Å²) in [5.74, 6) is -1.01. The number of carbonyl (C=O) groups excluding carboxylic acids is 2. The average Bonchev–Trinajstić information content (AvgIpc) is 2.49. The maximum Gasteiger partial charge on any atom is 0.338 e. The van der Waals surface area contributed by atoms with E-state index in [9.17, 15) is 9.59 Å². The molecule has 0 aliphatic rings. The molecule has 2 aromatic rings. The number of carbonyl (C=O) groups is 2. The Labute approximate surface area is 138 Å². The highest BCUT2D eigenvalue weighted by Crippen LogP contribution is 2.24. The van der Waals surface area contributed by atoms with Crippen molar-refractivity contribution >= 4 is 40.8 Å². The number of anilines is 1. The zero-order chi connectivity index (χ0) is 16.1. The molecule has 0 atom stereocenters. The minimum absolute atomic E-state index is 0.330. The molecule has 2 aromatic carbocycles. The SMILES string of the molecule is Cc1ccc(C(=O)OCC(=O)Nc2ccc(Cl)c(Cl)c2)cc1. The molecule has 0 bridgehead atoms. The van der Waals surface area contributed by atoms with Crippen molar-refractivity contribution in [3.8, 4) is 0 Å². The molecule has 0 heterocycles. The van der Waals surface area contributed by atoms with Crippen molar-refractivity contribution in [3.63, 3.8) is 0 Å². The van der Waals surface area contributed by atoms with Crippen molar-refractivity contribution in [2.24, 2.45) is 0 Å². The average molecular weight is 338 g/mol. The summed E-state index contributed by atoms with van der Waals surface area (Å²) in [5.41, 5.74) is 1.91. The highest BCUT2D eigenvalue weighted by atomic mass is 35.5. The number of nitrogens with one attached hydrogen (secondary N) is 1. The predicted octanol–water partition coefficient (Wildman–Crippen LogP) is 4.10. The highest BCUT2D eigenvalue weighted by Gasteiger charge is 2.10. The van der Waals surface area contributed by atoms with E-state index < -0.39 is 11.9 Å². The Bertz CT molecular complexity index is 699. The van der Waals surface area contributed by atoms with Crippen molar-refractivity contribution in [2.75, 3.05) is 11.9 Å². The van der Waals surface area contributed by atoms with Crippen molar-refractivity contribution < 1.29 is 14.3 Å². The van der Waals surface area contributed by atoms with Gasteiger partial charge in [0.2, 0.25) is 0 Å². The van der Waals surface area contributed by atoms with E-state index >= 15 is 0 Å². The summed E-state index contributed by atoms with van der Waals surface area (Å²) in [7, 11) is 0. The maximum atomic E-state index is 11.8. The van der Waals surface area contributed by atoms with Gasteiger partial charge in [-0.2, -0.15) is 0 Å². The molecule has 2 rings (SSSR count). The van der Waals surface area contributed by atoms with Crippen molar-refractivity contribution in [3.05, 3.63) is 63.6 Å². The number of esters is 1. The molecule has 1 N–H and O–H groups in total. The zero-order valence-electron chi connectivity index (χ0n) is 11.7. The zero-order valence-corrected chi connectivity index (χ0v) is 13.2. The summed E-state index contributed by atoms with van der Waals surface area (Å²) < 4.78 is 4.95. The molecule has 0 aliphatic heterocycles. The fraction of sp³-hybridized carbons (Fsp3) is 0.125. The molecule has 0 spiro atoms. The topological polar surface area (TPSA) is 55.4 Å². The number of benzene rings is 2. The minimum atomic E-state index is -0.552. The van der Waals surface area contributed by atoms with E-state index in [2.05, 4.69) is 5.32 Å². The van der Waals surface area contributed by atoms with Crippen LogP contribution in [0.3, 0.4) is 0 Å². The Hall–Kier alpha value is -2.04. The molecule has 114 valence electrons. The fourth-order valence-corrected chi connectivity index (χ4v) is 1.97. The first kappa shape index (κ1) is 16.3. The van der Waals surface area contributed by atoms with Crippen LogP contribution < -0.4 is 5.32 Å². The number of aryl methyl sites for hydroxylation is 1. The second-order valence-electron chi connectivity index (χ2n) is 4.62. The maximum absolute atomic E-state index is 11.8. The highest BCUT2D eigenvalue weighted by molar-refractivity contribution is 6.42. The van der Waals surface area contributed by atoms with Crippen LogP contribution in [0.2, 0.25) is 10.0 Å². The number of rotatable bonds is 4.